The van der Waals surface area contributed by atoms with E-state index in [0.717, 1.165) is 30.6 Å². The molecule has 2 atom stereocenters. The van der Waals surface area contributed by atoms with Gasteiger partial charge in [-0.05, 0) is 17.9 Å². The van der Waals surface area contributed by atoms with Crippen LogP contribution >= 0.6 is 0 Å². The highest BCUT2D eigenvalue weighted by molar-refractivity contribution is 5.79. The van der Waals surface area contributed by atoms with Crippen molar-refractivity contribution >= 4 is 5.91 Å². The number of rotatable bonds is 6. The topological polar surface area (TPSA) is 58.4 Å². The van der Waals surface area contributed by atoms with Gasteiger partial charge in [0, 0.05) is 37.3 Å². The summed E-state index contributed by atoms with van der Waals surface area (Å²) in [6.07, 6.45) is 5.24. The third-order valence-corrected chi connectivity index (χ3v) is 5.16. The van der Waals surface area contributed by atoms with Gasteiger partial charge in [-0.3, -0.25) is 4.79 Å². The molecular formula is C20H27N3O2. The van der Waals surface area contributed by atoms with E-state index in [2.05, 4.69) is 23.4 Å². The van der Waals surface area contributed by atoms with Crippen molar-refractivity contribution < 1.29 is 9.90 Å². The number of benzene rings is 1. The van der Waals surface area contributed by atoms with Crippen molar-refractivity contribution in [3.8, 4) is 0 Å². The number of carbonyl (C=O) groups excluding carboxylic acids is 1. The number of fused-ring (bicyclic) bond motifs is 1. The van der Waals surface area contributed by atoms with Crippen LogP contribution in [-0.4, -0.2) is 38.1 Å². The van der Waals surface area contributed by atoms with Crippen molar-refractivity contribution in [2.24, 2.45) is 11.8 Å². The molecule has 0 radical (unpaired) electrons. The number of hydrogen-bond acceptors (Lipinski definition) is 3. The van der Waals surface area contributed by atoms with Gasteiger partial charge in [0.15, 0.2) is 0 Å². The molecule has 25 heavy (non-hydrogen) atoms. The Morgan fingerprint density at radius 2 is 2.12 bits per heavy atom. The highest BCUT2D eigenvalue weighted by Crippen LogP contribution is 2.25. The molecule has 2 unspecified atom stereocenters. The van der Waals surface area contributed by atoms with E-state index in [0.29, 0.717) is 6.54 Å². The van der Waals surface area contributed by atoms with Crippen LogP contribution < -0.4 is 0 Å². The van der Waals surface area contributed by atoms with Crippen LogP contribution in [0.2, 0.25) is 0 Å². The minimum atomic E-state index is -0.167. The fourth-order valence-electron chi connectivity index (χ4n) is 3.62. The zero-order chi connectivity index (χ0) is 17.8. The molecule has 0 spiro atoms. The molecule has 5 nitrogen and oxygen atoms in total. The van der Waals surface area contributed by atoms with Gasteiger partial charge in [0.25, 0.3) is 0 Å². The SMILES string of the molecule is CC(C)C(CO)N(Cc1ccccc1)C(=O)C1CCn2cncc2C1. The zero-order valence-corrected chi connectivity index (χ0v) is 15.0. The molecule has 1 amide bonds. The summed E-state index contributed by atoms with van der Waals surface area (Å²) in [7, 11) is 0. The number of imidazole rings is 1. The lowest BCUT2D eigenvalue weighted by molar-refractivity contribution is -0.141. The number of aryl methyl sites for hydroxylation is 1. The molecule has 0 fully saturated rings. The number of aromatic nitrogens is 2. The van der Waals surface area contributed by atoms with Gasteiger partial charge in [-0.25, -0.2) is 4.98 Å². The largest absolute Gasteiger partial charge is 0.394 e. The second-order valence-corrected chi connectivity index (χ2v) is 7.21. The van der Waals surface area contributed by atoms with Gasteiger partial charge in [0.2, 0.25) is 5.91 Å². The average Bonchev–Trinajstić information content (AvgIpc) is 3.09. The molecule has 0 saturated carbocycles. The molecule has 1 N–H and O–H groups in total. The van der Waals surface area contributed by atoms with Gasteiger partial charge in [-0.1, -0.05) is 44.2 Å². The minimum Gasteiger partial charge on any atom is -0.394 e. The standard InChI is InChI=1S/C20H27N3O2/c1-15(2)19(13-24)23(12-16-6-4-3-5-7-16)20(25)17-8-9-22-14-21-11-18(22)10-17/h3-7,11,14-15,17,19,24H,8-10,12-13H2,1-2H3. The van der Waals surface area contributed by atoms with Crippen molar-refractivity contribution in [1.82, 2.24) is 14.5 Å². The second-order valence-electron chi connectivity index (χ2n) is 7.21. The number of aliphatic hydroxyl groups excluding tert-OH is 1. The first kappa shape index (κ1) is 17.7. The maximum absolute atomic E-state index is 13.3. The van der Waals surface area contributed by atoms with Crippen LogP contribution in [0.25, 0.3) is 0 Å². The van der Waals surface area contributed by atoms with Crippen LogP contribution in [0.5, 0.6) is 0 Å². The summed E-state index contributed by atoms with van der Waals surface area (Å²) in [6, 6.07) is 9.85. The Bertz CT molecular complexity index is 696. The summed E-state index contributed by atoms with van der Waals surface area (Å²) in [6.45, 7) is 5.47. The number of amides is 1. The summed E-state index contributed by atoms with van der Waals surface area (Å²) >= 11 is 0. The molecule has 1 aromatic heterocycles. The van der Waals surface area contributed by atoms with E-state index >= 15 is 0 Å². The molecule has 1 aromatic carbocycles. The predicted molar refractivity (Wildman–Crippen MR) is 96.7 cm³/mol. The van der Waals surface area contributed by atoms with Crippen molar-refractivity contribution in [3.63, 3.8) is 0 Å². The van der Waals surface area contributed by atoms with E-state index in [9.17, 15) is 9.90 Å². The van der Waals surface area contributed by atoms with Gasteiger partial charge in [0.05, 0.1) is 19.0 Å². The normalized spacial score (nSPS) is 18.0. The predicted octanol–water partition coefficient (Wildman–Crippen LogP) is 2.49. The summed E-state index contributed by atoms with van der Waals surface area (Å²) in [4.78, 5) is 19.4. The Balaban J connectivity index is 1.81. The maximum Gasteiger partial charge on any atom is 0.226 e. The first-order valence-corrected chi connectivity index (χ1v) is 9.04. The quantitative estimate of drug-likeness (QED) is 0.878. The molecule has 1 aliphatic heterocycles. The first-order chi connectivity index (χ1) is 12.1. The van der Waals surface area contributed by atoms with Crippen LogP contribution in [0.1, 0.15) is 31.5 Å². The Hall–Kier alpha value is -2.14. The van der Waals surface area contributed by atoms with E-state index in [4.69, 9.17) is 0 Å². The lowest BCUT2D eigenvalue weighted by Gasteiger charge is -2.37. The molecular weight excluding hydrogens is 314 g/mol. The van der Waals surface area contributed by atoms with Gasteiger partial charge in [-0.2, -0.15) is 0 Å². The number of hydrogen-bond donors (Lipinski definition) is 1. The summed E-state index contributed by atoms with van der Waals surface area (Å²) in [5, 5.41) is 9.91. The molecule has 0 bridgehead atoms. The Labute approximate surface area is 149 Å². The average molecular weight is 341 g/mol. The highest BCUT2D eigenvalue weighted by atomic mass is 16.3. The van der Waals surface area contributed by atoms with E-state index in [1.807, 2.05) is 47.8 Å². The van der Waals surface area contributed by atoms with E-state index in [1.165, 1.54) is 0 Å². The molecule has 0 aliphatic carbocycles. The van der Waals surface area contributed by atoms with Crippen molar-refractivity contribution in [2.75, 3.05) is 6.61 Å². The van der Waals surface area contributed by atoms with Crippen molar-refractivity contribution in [2.45, 2.75) is 45.8 Å². The maximum atomic E-state index is 13.3. The molecule has 1 aliphatic rings. The summed E-state index contributed by atoms with van der Waals surface area (Å²) < 4.78 is 2.12. The van der Waals surface area contributed by atoms with E-state index in [1.54, 1.807) is 0 Å². The van der Waals surface area contributed by atoms with Crippen LogP contribution in [-0.2, 0) is 24.3 Å². The zero-order valence-electron chi connectivity index (χ0n) is 15.0. The van der Waals surface area contributed by atoms with Crippen molar-refractivity contribution in [1.29, 1.82) is 0 Å². The number of nitrogens with zero attached hydrogens (tertiary/aromatic N) is 3. The van der Waals surface area contributed by atoms with Crippen molar-refractivity contribution in [3.05, 3.63) is 54.1 Å². The number of aliphatic hydroxyl groups is 1. The summed E-state index contributed by atoms with van der Waals surface area (Å²) in [5.74, 6) is 0.302. The van der Waals surface area contributed by atoms with Gasteiger partial charge < -0.3 is 14.6 Å². The lowest BCUT2D eigenvalue weighted by Crippen LogP contribution is -2.48. The van der Waals surface area contributed by atoms with Gasteiger partial charge in [0.1, 0.15) is 0 Å². The second kappa shape index (κ2) is 7.83. The van der Waals surface area contributed by atoms with Crippen LogP contribution in [0, 0.1) is 11.8 Å². The third-order valence-electron chi connectivity index (χ3n) is 5.16. The highest BCUT2D eigenvalue weighted by Gasteiger charge is 2.33. The summed E-state index contributed by atoms with van der Waals surface area (Å²) in [5.41, 5.74) is 2.21. The molecule has 134 valence electrons. The Morgan fingerprint density at radius 3 is 2.80 bits per heavy atom. The third kappa shape index (κ3) is 3.93. The fourth-order valence-corrected chi connectivity index (χ4v) is 3.62. The smallest absolute Gasteiger partial charge is 0.226 e. The molecule has 3 rings (SSSR count). The lowest BCUT2D eigenvalue weighted by atomic mass is 9.92. The number of carbonyl (C=O) groups is 1. The molecule has 2 heterocycles. The van der Waals surface area contributed by atoms with Crippen LogP contribution in [0.15, 0.2) is 42.9 Å². The van der Waals surface area contributed by atoms with Crippen LogP contribution in [0.3, 0.4) is 0 Å². The van der Waals surface area contributed by atoms with Gasteiger partial charge >= 0.3 is 0 Å². The van der Waals surface area contributed by atoms with Crippen LogP contribution in [0.4, 0.5) is 0 Å². The van der Waals surface area contributed by atoms with E-state index in [-0.39, 0.29) is 30.4 Å². The van der Waals surface area contributed by atoms with Gasteiger partial charge in [-0.15, -0.1) is 0 Å². The monoisotopic (exact) mass is 341 g/mol. The van der Waals surface area contributed by atoms with E-state index < -0.39 is 0 Å². The first-order valence-electron chi connectivity index (χ1n) is 9.04. The Morgan fingerprint density at radius 1 is 1.36 bits per heavy atom. The minimum absolute atomic E-state index is 0.0130. The molecule has 0 saturated heterocycles. The Kier molecular flexibility index (Phi) is 5.53. The molecule has 2 aromatic rings. The fraction of sp³-hybridized carbons (Fsp3) is 0.500. The molecule has 5 heteroatoms.